The molecule has 0 spiro atoms. The van der Waals surface area contributed by atoms with Crippen LogP contribution in [0.3, 0.4) is 0 Å². The molecular weight excluding hydrogens is 600 g/mol. The number of hydrogen-bond acceptors (Lipinski definition) is 7. The zero-order valence-corrected chi connectivity index (χ0v) is 31.1. The topological polar surface area (TPSA) is 92.5 Å². The van der Waals surface area contributed by atoms with Gasteiger partial charge in [-0.05, 0) is 110 Å². The highest BCUT2D eigenvalue weighted by molar-refractivity contribution is 5.87. The lowest BCUT2D eigenvalue weighted by Crippen LogP contribution is -2.29. The minimum atomic E-state index is -0.537. The fourth-order valence-electron chi connectivity index (χ4n) is 7.54. The SMILES string of the molecule is CNc1c2c(nn1C)N(c1c(C)cc(C)cc1C)CCC2.Cc1cc(C)c(N2CCCc3c2nn(C)c3NC(=O)OC(C)(C)C)c(C)c1. The second-order valence-corrected chi connectivity index (χ2v) is 14.4. The monoisotopic (exact) mass is 654 g/mol. The molecule has 2 N–H and O–H groups in total. The maximum absolute atomic E-state index is 12.3. The largest absolute Gasteiger partial charge is 0.444 e. The maximum atomic E-state index is 12.3. The van der Waals surface area contributed by atoms with E-state index in [2.05, 4.69) is 86.2 Å². The van der Waals surface area contributed by atoms with E-state index >= 15 is 0 Å². The number of benzene rings is 2. The molecule has 2 aromatic carbocycles. The number of carbonyl (C=O) groups is 1. The number of aryl methyl sites for hydroxylation is 8. The van der Waals surface area contributed by atoms with Gasteiger partial charge in [0, 0.05) is 56.7 Å². The van der Waals surface area contributed by atoms with Crippen molar-refractivity contribution in [2.24, 2.45) is 14.1 Å². The second kappa shape index (κ2) is 13.6. The third kappa shape index (κ3) is 7.03. The molecule has 48 heavy (non-hydrogen) atoms. The molecule has 1 amide bonds. The Morgan fingerprint density at radius 3 is 1.50 bits per heavy atom. The number of nitrogens with zero attached hydrogens (tertiary/aromatic N) is 6. The molecule has 0 radical (unpaired) electrons. The van der Waals surface area contributed by atoms with Crippen LogP contribution in [0.15, 0.2) is 24.3 Å². The van der Waals surface area contributed by atoms with Crippen LogP contribution in [0, 0.1) is 41.5 Å². The molecule has 258 valence electrons. The zero-order chi connectivity index (χ0) is 35.1. The van der Waals surface area contributed by atoms with Gasteiger partial charge in [0.05, 0.1) is 0 Å². The Kier molecular flexibility index (Phi) is 9.85. The van der Waals surface area contributed by atoms with Crippen molar-refractivity contribution >= 4 is 40.7 Å². The summed E-state index contributed by atoms with van der Waals surface area (Å²) in [4.78, 5) is 16.9. The van der Waals surface area contributed by atoms with Crippen molar-refractivity contribution in [1.82, 2.24) is 19.6 Å². The predicted octanol–water partition coefficient (Wildman–Crippen LogP) is 8.25. The standard InChI is InChI=1S/C21H30N4O2.C17H24N4/c1-13-11-14(2)17(15(3)12-13)25-10-8-9-16-18(24(7)23-19(16)25)22-20(26)27-21(4,5)6;1-11-9-12(2)15(13(3)10-11)21-8-6-7-14-16(18-4)20(5)19-17(14)21/h11-12H,8-10H2,1-7H3,(H,22,26);9-10,18H,6-8H2,1-5H3. The molecule has 0 bridgehead atoms. The van der Waals surface area contributed by atoms with Gasteiger partial charge in [0.25, 0.3) is 0 Å². The van der Waals surface area contributed by atoms with E-state index in [-0.39, 0.29) is 0 Å². The summed E-state index contributed by atoms with van der Waals surface area (Å²) < 4.78 is 9.12. The molecule has 0 fully saturated rings. The van der Waals surface area contributed by atoms with Crippen LogP contribution in [0.2, 0.25) is 0 Å². The number of rotatable bonds is 4. The van der Waals surface area contributed by atoms with Gasteiger partial charge in [-0.25, -0.2) is 4.79 Å². The van der Waals surface area contributed by atoms with Crippen LogP contribution < -0.4 is 20.4 Å². The van der Waals surface area contributed by atoms with Gasteiger partial charge < -0.3 is 19.9 Å². The summed E-state index contributed by atoms with van der Waals surface area (Å²) in [6.07, 6.45) is 3.71. The molecule has 10 nitrogen and oxygen atoms in total. The molecule has 0 aliphatic carbocycles. The number of anilines is 6. The van der Waals surface area contributed by atoms with E-state index in [1.807, 2.05) is 46.6 Å². The van der Waals surface area contributed by atoms with Crippen molar-refractivity contribution in [2.75, 3.05) is 40.6 Å². The van der Waals surface area contributed by atoms with Crippen molar-refractivity contribution in [3.8, 4) is 0 Å². The van der Waals surface area contributed by atoms with Crippen LogP contribution in [0.5, 0.6) is 0 Å². The summed E-state index contributed by atoms with van der Waals surface area (Å²) in [5, 5.41) is 15.7. The Bertz CT molecular complexity index is 1780. The van der Waals surface area contributed by atoms with Crippen LogP contribution in [0.25, 0.3) is 0 Å². The van der Waals surface area contributed by atoms with Crippen molar-refractivity contribution < 1.29 is 9.53 Å². The van der Waals surface area contributed by atoms with E-state index in [9.17, 15) is 4.79 Å². The Morgan fingerprint density at radius 1 is 0.708 bits per heavy atom. The number of hydrogen-bond donors (Lipinski definition) is 2. The highest BCUT2D eigenvalue weighted by Gasteiger charge is 2.30. The van der Waals surface area contributed by atoms with Gasteiger partial charge in [0.15, 0.2) is 11.6 Å². The fourth-order valence-corrected chi connectivity index (χ4v) is 7.54. The average molecular weight is 655 g/mol. The molecule has 2 aliphatic rings. The first-order valence-electron chi connectivity index (χ1n) is 17.1. The Hall–Kier alpha value is -4.47. The van der Waals surface area contributed by atoms with Gasteiger partial charge in [-0.15, -0.1) is 0 Å². The molecule has 0 unspecified atom stereocenters. The summed E-state index contributed by atoms with van der Waals surface area (Å²) in [6.45, 7) is 20.5. The van der Waals surface area contributed by atoms with Crippen molar-refractivity contribution in [1.29, 1.82) is 0 Å². The summed E-state index contributed by atoms with van der Waals surface area (Å²) in [6, 6.07) is 8.94. The van der Waals surface area contributed by atoms with Crippen molar-refractivity contribution in [3.05, 3.63) is 68.8 Å². The summed E-state index contributed by atoms with van der Waals surface area (Å²) in [5.74, 6) is 3.89. The van der Waals surface area contributed by atoms with Crippen molar-refractivity contribution in [2.45, 2.75) is 93.6 Å². The first-order valence-corrected chi connectivity index (χ1v) is 17.1. The predicted molar refractivity (Wildman–Crippen MR) is 198 cm³/mol. The van der Waals surface area contributed by atoms with E-state index < -0.39 is 11.7 Å². The van der Waals surface area contributed by atoms with Gasteiger partial charge in [-0.1, -0.05) is 35.4 Å². The van der Waals surface area contributed by atoms with E-state index in [0.29, 0.717) is 5.82 Å². The molecule has 4 aromatic rings. The number of aromatic nitrogens is 4. The lowest BCUT2D eigenvalue weighted by molar-refractivity contribution is 0.0634. The van der Waals surface area contributed by atoms with Gasteiger partial charge in [-0.3, -0.25) is 14.7 Å². The third-order valence-electron chi connectivity index (χ3n) is 9.04. The number of fused-ring (bicyclic) bond motifs is 2. The second-order valence-electron chi connectivity index (χ2n) is 14.4. The molecule has 0 atom stereocenters. The Labute approximate surface area is 286 Å². The van der Waals surface area contributed by atoms with Crippen LogP contribution >= 0.6 is 0 Å². The molecule has 10 heteroatoms. The maximum Gasteiger partial charge on any atom is 0.413 e. The minimum absolute atomic E-state index is 0.451. The third-order valence-corrected chi connectivity index (χ3v) is 9.04. The van der Waals surface area contributed by atoms with E-state index in [1.165, 1.54) is 56.7 Å². The normalized spacial score (nSPS) is 14.2. The summed E-state index contributed by atoms with van der Waals surface area (Å²) in [7, 11) is 5.84. The minimum Gasteiger partial charge on any atom is -0.444 e. The van der Waals surface area contributed by atoms with Gasteiger partial charge in [-0.2, -0.15) is 10.2 Å². The highest BCUT2D eigenvalue weighted by Crippen LogP contribution is 2.41. The van der Waals surface area contributed by atoms with Crippen LogP contribution in [-0.4, -0.2) is 51.4 Å². The molecule has 4 heterocycles. The highest BCUT2D eigenvalue weighted by atomic mass is 16.6. The Morgan fingerprint density at radius 2 is 1.10 bits per heavy atom. The smallest absolute Gasteiger partial charge is 0.413 e. The van der Waals surface area contributed by atoms with Crippen molar-refractivity contribution in [3.63, 3.8) is 0 Å². The molecule has 2 aromatic heterocycles. The van der Waals surface area contributed by atoms with Crippen LogP contribution in [0.1, 0.15) is 78.1 Å². The molecule has 6 rings (SSSR count). The number of nitrogens with one attached hydrogen (secondary N) is 2. The lowest BCUT2D eigenvalue weighted by atomic mass is 10.0. The first kappa shape index (κ1) is 34.9. The summed E-state index contributed by atoms with van der Waals surface area (Å²) >= 11 is 0. The van der Waals surface area contributed by atoms with E-state index in [4.69, 9.17) is 14.9 Å². The average Bonchev–Trinajstić information content (AvgIpc) is 3.47. The van der Waals surface area contributed by atoms with E-state index in [0.717, 1.165) is 55.4 Å². The fraction of sp³-hybridized carbons (Fsp3) is 0.500. The number of ether oxygens (including phenoxy) is 1. The van der Waals surface area contributed by atoms with Crippen LogP contribution in [-0.2, 0) is 31.7 Å². The molecule has 0 saturated carbocycles. The van der Waals surface area contributed by atoms with Gasteiger partial charge >= 0.3 is 6.09 Å². The van der Waals surface area contributed by atoms with Gasteiger partial charge in [0.1, 0.15) is 17.2 Å². The van der Waals surface area contributed by atoms with E-state index in [1.54, 1.807) is 4.68 Å². The number of amides is 1. The molecule has 2 aliphatic heterocycles. The molecule has 0 saturated heterocycles. The Balaban J connectivity index is 0.000000194. The number of carbonyl (C=O) groups excluding carboxylic acids is 1. The van der Waals surface area contributed by atoms with Crippen LogP contribution in [0.4, 0.5) is 39.4 Å². The van der Waals surface area contributed by atoms with Gasteiger partial charge in [0.2, 0.25) is 0 Å². The molecular formula is C38H54N8O2. The quantitative estimate of drug-likeness (QED) is 0.229. The first-order chi connectivity index (χ1) is 22.6. The summed E-state index contributed by atoms with van der Waals surface area (Å²) in [5.41, 5.74) is 12.1. The lowest BCUT2D eigenvalue weighted by Gasteiger charge is -2.30. The zero-order valence-electron chi connectivity index (χ0n) is 31.1.